The molecule has 0 radical (unpaired) electrons. The van der Waals surface area contributed by atoms with Crippen molar-refractivity contribution in [2.75, 3.05) is 29.8 Å². The van der Waals surface area contributed by atoms with Crippen LogP contribution in [0.5, 0.6) is 0 Å². The van der Waals surface area contributed by atoms with Crippen LogP contribution in [-0.4, -0.2) is 35.0 Å². The van der Waals surface area contributed by atoms with Crippen molar-refractivity contribution in [3.63, 3.8) is 0 Å². The molecule has 1 atom stereocenters. The summed E-state index contributed by atoms with van der Waals surface area (Å²) in [4.78, 5) is 0. The van der Waals surface area contributed by atoms with Crippen molar-refractivity contribution in [1.82, 2.24) is 0 Å². The first-order chi connectivity index (χ1) is 8.28. The largest absolute Gasteiger partial charge is 0.165 e. The van der Waals surface area contributed by atoms with E-state index in [1.54, 1.807) is 0 Å². The van der Waals surface area contributed by atoms with Crippen molar-refractivity contribution in [1.29, 1.82) is 0 Å². The molecular weight excluding hydrogens is 264 g/mol. The van der Waals surface area contributed by atoms with Gasteiger partial charge in [-0.1, -0.05) is 33.1 Å². The summed E-state index contributed by atoms with van der Waals surface area (Å²) in [7, 11) is 0. The second kappa shape index (κ2) is 13.5. The van der Waals surface area contributed by atoms with Gasteiger partial charge in [0.2, 0.25) is 0 Å². The third-order valence-corrected chi connectivity index (χ3v) is 6.08. The summed E-state index contributed by atoms with van der Waals surface area (Å²) < 4.78 is 0. The smallest absolute Gasteiger partial charge is 0.00470 e. The molecular formula is C14H30S3. The van der Waals surface area contributed by atoms with E-state index in [-0.39, 0.29) is 0 Å². The molecule has 0 nitrogen and oxygen atoms in total. The summed E-state index contributed by atoms with van der Waals surface area (Å²) in [5.41, 5.74) is 0. The predicted molar refractivity (Wildman–Crippen MR) is 90.9 cm³/mol. The van der Waals surface area contributed by atoms with Crippen LogP contribution >= 0.6 is 35.3 Å². The molecule has 0 fully saturated rings. The van der Waals surface area contributed by atoms with Gasteiger partial charge in [0.25, 0.3) is 0 Å². The fourth-order valence-electron chi connectivity index (χ4n) is 1.95. The third kappa shape index (κ3) is 10.6. The highest BCUT2D eigenvalue weighted by Crippen LogP contribution is 2.26. The summed E-state index contributed by atoms with van der Waals surface area (Å²) in [5, 5.41) is 0.922. The molecule has 0 heterocycles. The second-order valence-corrected chi connectivity index (χ2v) is 7.82. The van der Waals surface area contributed by atoms with E-state index in [1.165, 1.54) is 49.4 Å². The summed E-state index contributed by atoms with van der Waals surface area (Å²) in [5.74, 6) is 4.95. The van der Waals surface area contributed by atoms with E-state index < -0.39 is 0 Å². The van der Waals surface area contributed by atoms with Crippen molar-refractivity contribution in [3.05, 3.63) is 0 Å². The zero-order valence-corrected chi connectivity index (χ0v) is 14.5. The van der Waals surface area contributed by atoms with Crippen molar-refractivity contribution in [2.45, 2.75) is 51.2 Å². The molecule has 0 aromatic heterocycles. The van der Waals surface area contributed by atoms with Gasteiger partial charge < -0.3 is 0 Å². The highest BCUT2D eigenvalue weighted by atomic mass is 32.2. The monoisotopic (exact) mass is 294 g/mol. The molecule has 0 N–H and O–H groups in total. The molecule has 0 aromatic rings. The van der Waals surface area contributed by atoms with Gasteiger partial charge in [-0.15, -0.1) is 0 Å². The van der Waals surface area contributed by atoms with Gasteiger partial charge in [-0.2, -0.15) is 35.3 Å². The molecule has 0 aliphatic carbocycles. The minimum atomic E-state index is 0.908. The average molecular weight is 295 g/mol. The van der Waals surface area contributed by atoms with Crippen molar-refractivity contribution < 1.29 is 0 Å². The molecule has 1 unspecified atom stereocenters. The van der Waals surface area contributed by atoms with Gasteiger partial charge in [0, 0.05) is 5.25 Å². The average Bonchev–Trinajstić information content (AvgIpc) is 2.33. The molecule has 0 amide bonds. The first-order valence-electron chi connectivity index (χ1n) is 6.87. The molecule has 0 rings (SSSR count). The molecule has 0 aliphatic heterocycles. The zero-order valence-electron chi connectivity index (χ0n) is 12.0. The van der Waals surface area contributed by atoms with Crippen molar-refractivity contribution in [3.8, 4) is 0 Å². The van der Waals surface area contributed by atoms with Crippen molar-refractivity contribution in [2.24, 2.45) is 5.92 Å². The molecule has 104 valence electrons. The van der Waals surface area contributed by atoms with Gasteiger partial charge in [0.05, 0.1) is 0 Å². The number of hydrogen-bond donors (Lipinski definition) is 0. The molecule has 0 aliphatic rings. The topological polar surface area (TPSA) is 0 Å². The standard InChI is InChI=1S/C14H30S3/c1-5-7-9-14(8-6-2)17-12-13(10-15-3)11-16-4/h13-14H,5-12H2,1-4H3. The Kier molecular flexibility index (Phi) is 14.3. The van der Waals surface area contributed by atoms with Gasteiger partial charge in [0.1, 0.15) is 0 Å². The molecule has 0 aromatic carbocycles. The van der Waals surface area contributed by atoms with Gasteiger partial charge >= 0.3 is 0 Å². The summed E-state index contributed by atoms with van der Waals surface area (Å²) in [6.45, 7) is 4.62. The fraction of sp³-hybridized carbons (Fsp3) is 1.00. The first kappa shape index (κ1) is 18.0. The van der Waals surface area contributed by atoms with E-state index >= 15 is 0 Å². The van der Waals surface area contributed by atoms with E-state index in [2.05, 4.69) is 38.1 Å². The Balaban J connectivity index is 3.87. The van der Waals surface area contributed by atoms with Crippen LogP contribution in [0, 0.1) is 5.92 Å². The van der Waals surface area contributed by atoms with Crippen LogP contribution in [0.2, 0.25) is 0 Å². The van der Waals surface area contributed by atoms with E-state index in [9.17, 15) is 0 Å². The SMILES string of the molecule is CCCCC(CCC)SCC(CSC)CSC. The van der Waals surface area contributed by atoms with E-state index in [4.69, 9.17) is 0 Å². The molecule has 0 saturated heterocycles. The van der Waals surface area contributed by atoms with E-state index in [0.717, 1.165) is 11.2 Å². The molecule has 3 heteroatoms. The van der Waals surface area contributed by atoms with Crippen LogP contribution in [0.15, 0.2) is 0 Å². The highest BCUT2D eigenvalue weighted by Gasteiger charge is 2.13. The number of unbranched alkanes of at least 4 members (excludes halogenated alkanes) is 1. The lowest BCUT2D eigenvalue weighted by atomic mass is 10.1. The maximum atomic E-state index is 2.32. The Bertz CT molecular complexity index is 144. The Labute approximate surface area is 122 Å². The zero-order chi connectivity index (χ0) is 12.9. The summed E-state index contributed by atoms with van der Waals surface area (Å²) >= 11 is 6.26. The summed E-state index contributed by atoms with van der Waals surface area (Å²) in [6, 6.07) is 0. The predicted octanol–water partition coefficient (Wildman–Crippen LogP) is 5.42. The minimum Gasteiger partial charge on any atom is -0.165 e. The second-order valence-electron chi connectivity index (χ2n) is 4.66. The molecule has 0 spiro atoms. The normalized spacial score (nSPS) is 13.2. The Morgan fingerprint density at radius 1 is 0.824 bits per heavy atom. The van der Waals surface area contributed by atoms with Crippen LogP contribution in [0.1, 0.15) is 46.0 Å². The lowest BCUT2D eigenvalue weighted by Crippen LogP contribution is -2.13. The van der Waals surface area contributed by atoms with Gasteiger partial charge in [0.15, 0.2) is 0 Å². The summed E-state index contributed by atoms with van der Waals surface area (Å²) in [6.07, 6.45) is 11.4. The van der Waals surface area contributed by atoms with Crippen LogP contribution < -0.4 is 0 Å². The lowest BCUT2D eigenvalue weighted by molar-refractivity contribution is 0.636. The van der Waals surface area contributed by atoms with Crippen LogP contribution in [0.25, 0.3) is 0 Å². The number of rotatable bonds is 12. The Morgan fingerprint density at radius 3 is 1.94 bits per heavy atom. The molecule has 17 heavy (non-hydrogen) atoms. The van der Waals surface area contributed by atoms with Gasteiger partial charge in [-0.25, -0.2) is 0 Å². The third-order valence-electron chi connectivity index (χ3n) is 2.86. The van der Waals surface area contributed by atoms with Crippen LogP contribution in [0.3, 0.4) is 0 Å². The quantitative estimate of drug-likeness (QED) is 0.471. The first-order valence-corrected chi connectivity index (χ1v) is 10.7. The highest BCUT2D eigenvalue weighted by molar-refractivity contribution is 8.00. The van der Waals surface area contributed by atoms with Gasteiger partial charge in [-0.05, 0) is 48.5 Å². The Morgan fingerprint density at radius 2 is 1.47 bits per heavy atom. The maximum Gasteiger partial charge on any atom is 0.00470 e. The van der Waals surface area contributed by atoms with E-state index in [0.29, 0.717) is 0 Å². The minimum absolute atomic E-state index is 0.908. The number of thioether (sulfide) groups is 3. The van der Waals surface area contributed by atoms with E-state index in [1.807, 2.05) is 23.5 Å². The van der Waals surface area contributed by atoms with Crippen molar-refractivity contribution >= 4 is 35.3 Å². The number of hydrogen-bond acceptors (Lipinski definition) is 3. The fourth-order valence-corrected chi connectivity index (χ4v) is 5.33. The van der Waals surface area contributed by atoms with Gasteiger partial charge in [-0.3, -0.25) is 0 Å². The van der Waals surface area contributed by atoms with Crippen LogP contribution in [0.4, 0.5) is 0 Å². The molecule has 0 bridgehead atoms. The van der Waals surface area contributed by atoms with Crippen LogP contribution in [-0.2, 0) is 0 Å². The maximum absolute atomic E-state index is 2.32. The molecule has 0 saturated carbocycles. The lowest BCUT2D eigenvalue weighted by Gasteiger charge is -2.20. The Hall–Kier alpha value is 1.05.